The molecule has 24 heavy (non-hydrogen) atoms. The zero-order chi connectivity index (χ0) is 17.7. The summed E-state index contributed by atoms with van der Waals surface area (Å²) < 4.78 is 0. The van der Waals surface area contributed by atoms with E-state index in [2.05, 4.69) is 24.1 Å². The van der Waals surface area contributed by atoms with Crippen molar-refractivity contribution in [2.45, 2.75) is 56.7 Å². The second kappa shape index (κ2) is 8.53. The van der Waals surface area contributed by atoms with Crippen molar-refractivity contribution in [1.82, 2.24) is 4.90 Å². The van der Waals surface area contributed by atoms with Crippen molar-refractivity contribution in [2.24, 2.45) is 5.73 Å². The zero-order valence-corrected chi connectivity index (χ0v) is 15.4. The van der Waals surface area contributed by atoms with Crippen molar-refractivity contribution in [3.63, 3.8) is 0 Å². The van der Waals surface area contributed by atoms with Gasteiger partial charge < -0.3 is 11.1 Å². The Morgan fingerprint density at radius 1 is 1.33 bits per heavy atom. The predicted molar refractivity (Wildman–Crippen MR) is 99.9 cm³/mol. The van der Waals surface area contributed by atoms with Gasteiger partial charge in [0.1, 0.15) is 0 Å². The van der Waals surface area contributed by atoms with Gasteiger partial charge in [0.2, 0.25) is 11.8 Å². The molecule has 132 valence electrons. The van der Waals surface area contributed by atoms with E-state index in [1.807, 2.05) is 31.2 Å². The van der Waals surface area contributed by atoms with Crippen LogP contribution in [0.15, 0.2) is 24.3 Å². The van der Waals surface area contributed by atoms with Crippen LogP contribution in [0.1, 0.15) is 39.2 Å². The number of carbonyl (C=O) groups excluding carboxylic acids is 2. The molecule has 5 nitrogen and oxygen atoms in total. The molecule has 0 saturated carbocycles. The van der Waals surface area contributed by atoms with Crippen molar-refractivity contribution in [2.75, 3.05) is 11.9 Å². The molecule has 2 rings (SSSR count). The zero-order valence-electron chi connectivity index (χ0n) is 14.6. The van der Waals surface area contributed by atoms with Gasteiger partial charge in [0.05, 0.1) is 11.3 Å². The van der Waals surface area contributed by atoms with Crippen molar-refractivity contribution in [3.05, 3.63) is 29.8 Å². The number of primary amides is 1. The molecule has 0 aromatic heterocycles. The monoisotopic (exact) mass is 349 g/mol. The van der Waals surface area contributed by atoms with E-state index in [-0.39, 0.29) is 23.1 Å². The van der Waals surface area contributed by atoms with E-state index < -0.39 is 0 Å². The summed E-state index contributed by atoms with van der Waals surface area (Å²) in [6.07, 6.45) is 1.79. The maximum atomic E-state index is 12.4. The van der Waals surface area contributed by atoms with Crippen LogP contribution in [0.25, 0.3) is 0 Å². The van der Waals surface area contributed by atoms with Gasteiger partial charge in [-0.3, -0.25) is 14.5 Å². The van der Waals surface area contributed by atoms with Gasteiger partial charge in [-0.05, 0) is 43.2 Å². The molecule has 1 saturated heterocycles. The van der Waals surface area contributed by atoms with Crippen LogP contribution in [0, 0.1) is 0 Å². The number of rotatable bonds is 7. The first-order chi connectivity index (χ1) is 11.4. The van der Waals surface area contributed by atoms with Gasteiger partial charge in [-0.25, -0.2) is 0 Å². The average molecular weight is 350 g/mol. The summed E-state index contributed by atoms with van der Waals surface area (Å²) in [5.74, 6) is -0.259. The second-order valence-corrected chi connectivity index (χ2v) is 8.43. The number of para-hydroxylation sites is 1. The topological polar surface area (TPSA) is 75.4 Å². The fraction of sp³-hybridized carbons (Fsp3) is 0.556. The van der Waals surface area contributed by atoms with Crippen LogP contribution >= 0.6 is 11.8 Å². The molecular weight excluding hydrogens is 322 g/mol. The number of likely N-dealkylation sites (tertiary alicyclic amines) is 1. The number of carbonyl (C=O) groups is 2. The van der Waals surface area contributed by atoms with E-state index in [0.717, 1.165) is 30.6 Å². The molecule has 1 heterocycles. The van der Waals surface area contributed by atoms with E-state index in [9.17, 15) is 9.59 Å². The second-order valence-electron chi connectivity index (χ2n) is 6.50. The minimum absolute atomic E-state index is 0.00835. The first-order valence-corrected chi connectivity index (χ1v) is 9.40. The minimum atomic E-state index is -0.268. The summed E-state index contributed by atoms with van der Waals surface area (Å²) in [6.45, 7) is 7.57. The molecule has 6 heteroatoms. The number of anilines is 1. The summed E-state index contributed by atoms with van der Waals surface area (Å²) in [4.78, 5) is 26.1. The molecule has 2 atom stereocenters. The van der Waals surface area contributed by atoms with Crippen molar-refractivity contribution in [1.29, 1.82) is 0 Å². The minimum Gasteiger partial charge on any atom is -0.368 e. The Bertz CT molecular complexity index is 591. The number of nitrogens with zero attached hydrogens (tertiary/aromatic N) is 1. The fourth-order valence-corrected chi connectivity index (χ4v) is 4.04. The third-order valence-electron chi connectivity index (χ3n) is 4.19. The largest absolute Gasteiger partial charge is 0.368 e. The van der Waals surface area contributed by atoms with Crippen molar-refractivity contribution in [3.8, 4) is 0 Å². The van der Waals surface area contributed by atoms with Gasteiger partial charge in [-0.15, -0.1) is 11.8 Å². The lowest BCUT2D eigenvalue weighted by molar-refractivity contribution is -0.122. The summed E-state index contributed by atoms with van der Waals surface area (Å²) in [6, 6.07) is 7.56. The van der Waals surface area contributed by atoms with Crippen LogP contribution in [0.2, 0.25) is 0 Å². The van der Waals surface area contributed by atoms with E-state index in [4.69, 9.17) is 5.73 Å². The van der Waals surface area contributed by atoms with Crippen LogP contribution in [0.4, 0.5) is 5.69 Å². The predicted octanol–water partition coefficient (Wildman–Crippen LogP) is 2.60. The SMILES string of the molecule is CC(C)SC(C)C(=O)Nc1ccccc1CN1CCCC1C(N)=O. The normalized spacial score (nSPS) is 19.4. The number of hydrogen-bond donors (Lipinski definition) is 2. The maximum absolute atomic E-state index is 12.4. The summed E-state index contributed by atoms with van der Waals surface area (Å²) in [5, 5.41) is 3.33. The Hall–Kier alpha value is -1.53. The van der Waals surface area contributed by atoms with Crippen LogP contribution in [0.5, 0.6) is 0 Å². The summed E-state index contributed by atoms with van der Waals surface area (Å²) in [5.41, 5.74) is 7.32. The standard InChI is InChI=1S/C18H27N3O2S/c1-12(2)24-13(3)18(23)20-15-8-5-4-7-14(15)11-21-10-6-9-16(21)17(19)22/h4-5,7-8,12-13,16H,6,9-11H2,1-3H3,(H2,19,22)(H,20,23). The number of nitrogens with one attached hydrogen (secondary N) is 1. The van der Waals surface area contributed by atoms with Gasteiger partial charge in [0.25, 0.3) is 0 Å². The third-order valence-corrected chi connectivity index (χ3v) is 5.35. The van der Waals surface area contributed by atoms with E-state index in [0.29, 0.717) is 11.8 Å². The third kappa shape index (κ3) is 4.98. The highest BCUT2D eigenvalue weighted by Gasteiger charge is 2.29. The Labute approximate surface area is 148 Å². The number of nitrogens with two attached hydrogens (primary N) is 1. The Morgan fingerprint density at radius 2 is 2.04 bits per heavy atom. The van der Waals surface area contributed by atoms with Crippen LogP contribution in [-0.4, -0.2) is 39.8 Å². The molecule has 1 aliphatic heterocycles. The lowest BCUT2D eigenvalue weighted by Crippen LogP contribution is -2.39. The lowest BCUT2D eigenvalue weighted by atomic mass is 10.1. The fourth-order valence-electron chi connectivity index (χ4n) is 3.04. The molecule has 1 aromatic rings. The molecule has 2 unspecified atom stereocenters. The molecule has 1 aliphatic rings. The highest BCUT2D eigenvalue weighted by atomic mass is 32.2. The summed E-state index contributed by atoms with van der Waals surface area (Å²) >= 11 is 1.64. The van der Waals surface area contributed by atoms with E-state index in [1.54, 1.807) is 11.8 Å². The quantitative estimate of drug-likeness (QED) is 0.793. The van der Waals surface area contributed by atoms with Gasteiger partial charge in [0, 0.05) is 12.2 Å². The molecule has 1 fully saturated rings. The highest BCUT2D eigenvalue weighted by molar-refractivity contribution is 8.01. The molecule has 2 amide bonds. The van der Waals surface area contributed by atoms with Crippen LogP contribution < -0.4 is 11.1 Å². The number of thioether (sulfide) groups is 1. The van der Waals surface area contributed by atoms with Crippen molar-refractivity contribution >= 4 is 29.3 Å². The molecule has 1 aromatic carbocycles. The Kier molecular flexibility index (Phi) is 6.69. The highest BCUT2D eigenvalue weighted by Crippen LogP contribution is 2.25. The first kappa shape index (κ1) is 18.8. The molecule has 0 bridgehead atoms. The smallest absolute Gasteiger partial charge is 0.237 e. The molecular formula is C18H27N3O2S. The number of hydrogen-bond acceptors (Lipinski definition) is 4. The lowest BCUT2D eigenvalue weighted by Gasteiger charge is -2.23. The van der Waals surface area contributed by atoms with Crippen molar-refractivity contribution < 1.29 is 9.59 Å². The Balaban J connectivity index is 2.07. The van der Waals surface area contributed by atoms with Gasteiger partial charge >= 0.3 is 0 Å². The number of amides is 2. The van der Waals surface area contributed by atoms with Crippen LogP contribution in [-0.2, 0) is 16.1 Å². The number of benzene rings is 1. The van der Waals surface area contributed by atoms with Crippen LogP contribution in [0.3, 0.4) is 0 Å². The van der Waals surface area contributed by atoms with Gasteiger partial charge in [-0.2, -0.15) is 0 Å². The molecule has 0 aliphatic carbocycles. The summed E-state index contributed by atoms with van der Waals surface area (Å²) in [7, 11) is 0. The van der Waals surface area contributed by atoms with E-state index >= 15 is 0 Å². The maximum Gasteiger partial charge on any atom is 0.237 e. The van der Waals surface area contributed by atoms with Gasteiger partial charge in [-0.1, -0.05) is 32.0 Å². The first-order valence-electron chi connectivity index (χ1n) is 8.46. The van der Waals surface area contributed by atoms with E-state index in [1.165, 1.54) is 0 Å². The Morgan fingerprint density at radius 3 is 2.71 bits per heavy atom. The van der Waals surface area contributed by atoms with Gasteiger partial charge in [0.15, 0.2) is 0 Å². The average Bonchev–Trinajstić information content (AvgIpc) is 2.97. The molecule has 0 spiro atoms. The molecule has 3 N–H and O–H groups in total. The molecule has 0 radical (unpaired) electrons.